The highest BCUT2D eigenvalue weighted by molar-refractivity contribution is 5.76. The van der Waals surface area contributed by atoms with Gasteiger partial charge in [0.1, 0.15) is 6.33 Å². The zero-order valence-electron chi connectivity index (χ0n) is 18.7. The predicted molar refractivity (Wildman–Crippen MR) is 124 cm³/mol. The zero-order chi connectivity index (χ0) is 22.3. The summed E-state index contributed by atoms with van der Waals surface area (Å²) in [6.07, 6.45) is 9.93. The molecule has 7 heteroatoms. The van der Waals surface area contributed by atoms with E-state index in [0.717, 1.165) is 17.8 Å². The lowest BCUT2D eigenvalue weighted by molar-refractivity contribution is -0.132. The van der Waals surface area contributed by atoms with E-state index in [-0.39, 0.29) is 24.1 Å². The summed E-state index contributed by atoms with van der Waals surface area (Å²) in [5, 5.41) is 13.1. The van der Waals surface area contributed by atoms with Crippen molar-refractivity contribution >= 4 is 5.91 Å². The van der Waals surface area contributed by atoms with Crippen LogP contribution < -0.4 is 10.9 Å². The average molecular weight is 439 g/mol. The molecule has 0 saturated heterocycles. The van der Waals surface area contributed by atoms with Crippen LogP contribution in [0.4, 0.5) is 0 Å². The number of fused-ring (bicyclic) bond motifs is 1. The maximum atomic E-state index is 13.1. The van der Waals surface area contributed by atoms with Gasteiger partial charge in [0.05, 0.1) is 30.1 Å². The molecule has 1 aromatic heterocycles. The number of aromatic nitrogens is 2. The van der Waals surface area contributed by atoms with E-state index < -0.39 is 0 Å². The highest BCUT2D eigenvalue weighted by Crippen LogP contribution is 2.27. The van der Waals surface area contributed by atoms with E-state index in [9.17, 15) is 14.7 Å². The third kappa shape index (κ3) is 5.45. The van der Waals surface area contributed by atoms with Gasteiger partial charge in [-0.1, -0.05) is 50.3 Å². The maximum Gasteiger partial charge on any atom is 0.263 e. The zero-order valence-corrected chi connectivity index (χ0v) is 18.7. The Balaban J connectivity index is 1.33. The number of amides is 1. The molecular formula is C25H34N4O3. The van der Waals surface area contributed by atoms with Gasteiger partial charge in [0.25, 0.3) is 5.56 Å². The Kier molecular flexibility index (Phi) is 7.71. The van der Waals surface area contributed by atoms with Crippen LogP contribution in [0.15, 0.2) is 41.5 Å². The lowest BCUT2D eigenvalue weighted by atomic mass is 9.85. The summed E-state index contributed by atoms with van der Waals surface area (Å²) in [7, 11) is 0. The second-order valence-corrected chi connectivity index (χ2v) is 9.07. The number of carbonyl (C=O) groups excluding carboxylic acids is 1. The van der Waals surface area contributed by atoms with Crippen molar-refractivity contribution in [1.82, 2.24) is 19.8 Å². The fourth-order valence-corrected chi connectivity index (χ4v) is 4.99. The number of nitrogens with zero attached hydrogens (tertiary/aromatic N) is 3. The van der Waals surface area contributed by atoms with Crippen LogP contribution in [0.5, 0.6) is 0 Å². The van der Waals surface area contributed by atoms with E-state index in [1.54, 1.807) is 15.8 Å². The van der Waals surface area contributed by atoms with Crippen LogP contribution in [0, 0.1) is 5.92 Å². The standard InChI is InChI=1S/C25H34N4O3/c30-17-20(15-19-7-3-1-4-8-19)26-13-11-24(31)28-14-12-23-22(16-28)25(32)29(18-27-23)21-9-5-2-6-10-21/h2,5-6,9-10,18-20,26,30H,1,3-4,7-8,11-17H2/t20-/m0/s1. The van der Waals surface area contributed by atoms with Crippen molar-refractivity contribution in [3.8, 4) is 5.69 Å². The molecular weight excluding hydrogens is 404 g/mol. The molecule has 0 spiro atoms. The largest absolute Gasteiger partial charge is 0.395 e. The molecule has 1 amide bonds. The van der Waals surface area contributed by atoms with Crippen LogP contribution in [-0.4, -0.2) is 51.2 Å². The first kappa shape index (κ1) is 22.7. The molecule has 172 valence electrons. The molecule has 1 aliphatic heterocycles. The van der Waals surface area contributed by atoms with Crippen molar-refractivity contribution in [3.63, 3.8) is 0 Å². The van der Waals surface area contributed by atoms with Crippen molar-refractivity contribution in [2.24, 2.45) is 5.92 Å². The minimum absolute atomic E-state index is 0.0343. The van der Waals surface area contributed by atoms with Gasteiger partial charge in [0.15, 0.2) is 0 Å². The van der Waals surface area contributed by atoms with E-state index in [1.807, 2.05) is 30.3 Å². The molecule has 1 atom stereocenters. The molecule has 32 heavy (non-hydrogen) atoms. The van der Waals surface area contributed by atoms with Gasteiger partial charge < -0.3 is 15.3 Å². The molecule has 1 fully saturated rings. The Bertz CT molecular complexity index is 953. The Morgan fingerprint density at radius 3 is 2.72 bits per heavy atom. The third-order valence-corrected chi connectivity index (χ3v) is 6.84. The lowest BCUT2D eigenvalue weighted by Crippen LogP contribution is -2.42. The van der Waals surface area contributed by atoms with Crippen molar-refractivity contribution in [2.75, 3.05) is 19.7 Å². The van der Waals surface area contributed by atoms with Crippen molar-refractivity contribution in [3.05, 3.63) is 58.3 Å². The van der Waals surface area contributed by atoms with Gasteiger partial charge in [-0.25, -0.2) is 4.98 Å². The monoisotopic (exact) mass is 438 g/mol. The molecule has 1 aromatic carbocycles. The van der Waals surface area contributed by atoms with Crippen LogP contribution in [0.3, 0.4) is 0 Å². The summed E-state index contributed by atoms with van der Waals surface area (Å²) < 4.78 is 1.55. The molecule has 7 nitrogen and oxygen atoms in total. The SMILES string of the molecule is O=C(CCN[C@H](CO)CC1CCCCC1)N1CCc2ncn(-c3ccccc3)c(=O)c2C1. The van der Waals surface area contributed by atoms with E-state index >= 15 is 0 Å². The van der Waals surface area contributed by atoms with Gasteiger partial charge in [-0.05, 0) is 24.5 Å². The van der Waals surface area contributed by atoms with Gasteiger partial charge >= 0.3 is 0 Å². The Morgan fingerprint density at radius 2 is 1.97 bits per heavy atom. The second kappa shape index (κ2) is 10.9. The molecule has 0 radical (unpaired) electrons. The Labute approximate surface area is 189 Å². The lowest BCUT2D eigenvalue weighted by Gasteiger charge is -2.29. The molecule has 2 heterocycles. The van der Waals surface area contributed by atoms with Gasteiger partial charge in [-0.15, -0.1) is 0 Å². The molecule has 0 bridgehead atoms. The van der Waals surface area contributed by atoms with Crippen LogP contribution in [0.25, 0.3) is 5.69 Å². The highest BCUT2D eigenvalue weighted by atomic mass is 16.3. The van der Waals surface area contributed by atoms with Gasteiger partial charge in [0.2, 0.25) is 5.91 Å². The maximum absolute atomic E-state index is 13.1. The van der Waals surface area contributed by atoms with Crippen molar-refractivity contribution < 1.29 is 9.90 Å². The van der Waals surface area contributed by atoms with Crippen molar-refractivity contribution in [1.29, 1.82) is 0 Å². The fraction of sp³-hybridized carbons (Fsp3) is 0.560. The number of hydrogen-bond donors (Lipinski definition) is 2. The summed E-state index contributed by atoms with van der Waals surface area (Å²) in [4.78, 5) is 32.1. The summed E-state index contributed by atoms with van der Waals surface area (Å²) in [6, 6.07) is 9.48. The van der Waals surface area contributed by atoms with Crippen LogP contribution in [0.2, 0.25) is 0 Å². The minimum atomic E-state index is -0.107. The smallest absolute Gasteiger partial charge is 0.263 e. The van der Waals surface area contributed by atoms with E-state index in [0.29, 0.717) is 44.0 Å². The highest BCUT2D eigenvalue weighted by Gasteiger charge is 2.25. The number of carbonyl (C=O) groups is 1. The van der Waals surface area contributed by atoms with E-state index in [1.165, 1.54) is 32.1 Å². The molecule has 2 aliphatic rings. The van der Waals surface area contributed by atoms with Crippen molar-refractivity contribution in [2.45, 2.75) is 64.0 Å². The van der Waals surface area contributed by atoms with Crippen LogP contribution in [-0.2, 0) is 17.8 Å². The molecule has 1 saturated carbocycles. The van der Waals surface area contributed by atoms with Crippen LogP contribution in [0.1, 0.15) is 56.2 Å². The van der Waals surface area contributed by atoms with Gasteiger partial charge in [-0.3, -0.25) is 14.2 Å². The fourth-order valence-electron chi connectivity index (χ4n) is 4.99. The first-order valence-electron chi connectivity index (χ1n) is 11.9. The number of aliphatic hydroxyl groups is 1. The van der Waals surface area contributed by atoms with E-state index in [2.05, 4.69) is 10.3 Å². The molecule has 1 aliphatic carbocycles. The normalized spacial score (nSPS) is 17.7. The van der Waals surface area contributed by atoms with Gasteiger partial charge in [-0.2, -0.15) is 0 Å². The van der Waals surface area contributed by atoms with E-state index in [4.69, 9.17) is 0 Å². The molecule has 4 rings (SSSR count). The number of hydrogen-bond acceptors (Lipinski definition) is 5. The number of benzene rings is 1. The Hall–Kier alpha value is -2.51. The quantitative estimate of drug-likeness (QED) is 0.661. The summed E-state index contributed by atoms with van der Waals surface area (Å²) in [5.74, 6) is 0.717. The summed E-state index contributed by atoms with van der Waals surface area (Å²) >= 11 is 0. The molecule has 0 unspecified atom stereocenters. The Morgan fingerprint density at radius 1 is 1.19 bits per heavy atom. The topological polar surface area (TPSA) is 87.5 Å². The summed E-state index contributed by atoms with van der Waals surface area (Å²) in [6.45, 7) is 1.53. The molecule has 2 N–H and O–H groups in total. The summed E-state index contributed by atoms with van der Waals surface area (Å²) in [5.41, 5.74) is 2.06. The number of nitrogens with one attached hydrogen (secondary N) is 1. The van der Waals surface area contributed by atoms with Crippen LogP contribution >= 0.6 is 0 Å². The first-order valence-corrected chi connectivity index (χ1v) is 11.9. The number of aliphatic hydroxyl groups excluding tert-OH is 1. The minimum Gasteiger partial charge on any atom is -0.395 e. The predicted octanol–water partition coefficient (Wildman–Crippen LogP) is 2.43. The second-order valence-electron chi connectivity index (χ2n) is 9.07. The first-order chi connectivity index (χ1) is 15.7. The third-order valence-electron chi connectivity index (χ3n) is 6.84. The average Bonchev–Trinajstić information content (AvgIpc) is 2.84. The molecule has 2 aromatic rings. The number of rotatable bonds is 8. The van der Waals surface area contributed by atoms with Gasteiger partial charge in [0, 0.05) is 32.0 Å². The number of para-hydroxylation sites is 1.